The van der Waals surface area contributed by atoms with Gasteiger partial charge in [-0.05, 0) is 18.2 Å². The quantitative estimate of drug-likeness (QED) is 0.798. The first-order chi connectivity index (χ1) is 12.8. The molecule has 0 unspecified atom stereocenters. The van der Waals surface area contributed by atoms with Gasteiger partial charge in [0.2, 0.25) is 5.91 Å². The predicted octanol–water partition coefficient (Wildman–Crippen LogP) is 2.26. The molecule has 138 valence electrons. The second kappa shape index (κ2) is 9.10. The van der Waals surface area contributed by atoms with E-state index in [1.54, 1.807) is 7.11 Å². The number of carbonyl (C=O) groups excluding carboxylic acids is 1. The summed E-state index contributed by atoms with van der Waals surface area (Å²) in [5.74, 6) is 0.714. The van der Waals surface area contributed by atoms with Crippen LogP contribution in [0, 0.1) is 0 Å². The van der Waals surface area contributed by atoms with Crippen LogP contribution >= 0.6 is 0 Å². The van der Waals surface area contributed by atoms with Crippen molar-refractivity contribution >= 4 is 17.3 Å². The Morgan fingerprint density at radius 3 is 2.65 bits per heavy atom. The molecule has 2 aromatic rings. The number of ether oxygens (including phenoxy) is 2. The maximum absolute atomic E-state index is 12.2. The summed E-state index contributed by atoms with van der Waals surface area (Å²) < 4.78 is 10.7. The molecule has 26 heavy (non-hydrogen) atoms. The molecule has 1 amide bonds. The average molecular weight is 355 g/mol. The van der Waals surface area contributed by atoms with Crippen LogP contribution in [0.1, 0.15) is 5.56 Å². The lowest BCUT2D eigenvalue weighted by atomic mass is 10.2. The first-order valence-electron chi connectivity index (χ1n) is 8.82. The highest BCUT2D eigenvalue weighted by Gasteiger charge is 2.14. The zero-order valence-electron chi connectivity index (χ0n) is 15.0. The van der Waals surface area contributed by atoms with Crippen molar-refractivity contribution in [2.24, 2.45) is 0 Å². The van der Waals surface area contributed by atoms with Gasteiger partial charge in [0.1, 0.15) is 5.75 Å². The van der Waals surface area contributed by atoms with Crippen molar-refractivity contribution in [2.75, 3.05) is 50.2 Å². The van der Waals surface area contributed by atoms with E-state index < -0.39 is 0 Å². The SMILES string of the molecule is COc1ccccc1CNC(=O)CNc1ccccc1N1CCOCC1. The number of nitrogens with one attached hydrogen (secondary N) is 2. The largest absolute Gasteiger partial charge is 0.496 e. The Bertz CT molecular complexity index is 730. The normalized spacial score (nSPS) is 14.0. The van der Waals surface area contributed by atoms with Gasteiger partial charge >= 0.3 is 0 Å². The third-order valence-electron chi connectivity index (χ3n) is 4.36. The van der Waals surface area contributed by atoms with Crippen LogP contribution in [-0.2, 0) is 16.1 Å². The van der Waals surface area contributed by atoms with Crippen LogP contribution in [0.25, 0.3) is 0 Å². The molecule has 1 aliphatic heterocycles. The minimum atomic E-state index is -0.0623. The number of benzene rings is 2. The minimum absolute atomic E-state index is 0.0623. The summed E-state index contributed by atoms with van der Waals surface area (Å²) >= 11 is 0. The van der Waals surface area contributed by atoms with Gasteiger partial charge in [-0.1, -0.05) is 30.3 Å². The van der Waals surface area contributed by atoms with Gasteiger partial charge in [0.25, 0.3) is 0 Å². The number of hydrogen-bond donors (Lipinski definition) is 2. The van der Waals surface area contributed by atoms with Gasteiger partial charge in [0.15, 0.2) is 0 Å². The molecule has 0 radical (unpaired) electrons. The van der Waals surface area contributed by atoms with Crippen LogP contribution in [0.4, 0.5) is 11.4 Å². The van der Waals surface area contributed by atoms with Crippen molar-refractivity contribution in [1.29, 1.82) is 0 Å². The van der Waals surface area contributed by atoms with Gasteiger partial charge in [-0.15, -0.1) is 0 Å². The van der Waals surface area contributed by atoms with Crippen LogP contribution in [0.2, 0.25) is 0 Å². The van der Waals surface area contributed by atoms with Crippen molar-refractivity contribution in [2.45, 2.75) is 6.54 Å². The Kier molecular flexibility index (Phi) is 6.33. The molecule has 2 N–H and O–H groups in total. The molecule has 3 rings (SSSR count). The molecule has 2 aromatic carbocycles. The molecule has 1 saturated heterocycles. The molecule has 1 fully saturated rings. The molecule has 0 atom stereocenters. The van der Waals surface area contributed by atoms with Crippen LogP contribution in [0.3, 0.4) is 0 Å². The van der Waals surface area contributed by atoms with Gasteiger partial charge in [0, 0.05) is 25.2 Å². The van der Waals surface area contributed by atoms with Gasteiger partial charge < -0.3 is 25.0 Å². The Labute approximate surface area is 154 Å². The Morgan fingerprint density at radius 1 is 1.12 bits per heavy atom. The van der Waals surface area contributed by atoms with E-state index in [4.69, 9.17) is 9.47 Å². The Morgan fingerprint density at radius 2 is 1.85 bits per heavy atom. The summed E-state index contributed by atoms with van der Waals surface area (Å²) in [6.07, 6.45) is 0. The highest BCUT2D eigenvalue weighted by atomic mass is 16.5. The van der Waals surface area contributed by atoms with Gasteiger partial charge in [0.05, 0.1) is 38.2 Å². The second-order valence-electron chi connectivity index (χ2n) is 6.06. The summed E-state index contributed by atoms with van der Waals surface area (Å²) in [5, 5.41) is 6.18. The Hall–Kier alpha value is -2.73. The van der Waals surface area contributed by atoms with Crippen LogP contribution in [-0.4, -0.2) is 45.9 Å². The van der Waals surface area contributed by atoms with Crippen molar-refractivity contribution in [3.8, 4) is 5.75 Å². The fraction of sp³-hybridized carbons (Fsp3) is 0.350. The summed E-state index contributed by atoms with van der Waals surface area (Å²) in [7, 11) is 1.63. The van der Waals surface area contributed by atoms with Crippen molar-refractivity contribution in [3.05, 3.63) is 54.1 Å². The summed E-state index contributed by atoms with van der Waals surface area (Å²) in [6, 6.07) is 15.7. The third-order valence-corrected chi connectivity index (χ3v) is 4.36. The lowest BCUT2D eigenvalue weighted by Gasteiger charge is -2.30. The topological polar surface area (TPSA) is 62.8 Å². The van der Waals surface area contributed by atoms with Gasteiger partial charge in [-0.2, -0.15) is 0 Å². The number of anilines is 2. The number of amides is 1. The fourth-order valence-corrected chi connectivity index (χ4v) is 2.98. The van der Waals surface area contributed by atoms with E-state index in [-0.39, 0.29) is 12.5 Å². The molecular formula is C20H25N3O3. The number of methoxy groups -OCH3 is 1. The standard InChI is InChI=1S/C20H25N3O3/c1-25-19-9-5-2-6-16(19)14-22-20(24)15-21-17-7-3-4-8-18(17)23-10-12-26-13-11-23/h2-9,21H,10-15H2,1H3,(H,22,24). The number of morpholine rings is 1. The predicted molar refractivity (Wildman–Crippen MR) is 103 cm³/mol. The first kappa shape index (κ1) is 18.1. The van der Waals surface area contributed by atoms with E-state index in [1.807, 2.05) is 42.5 Å². The summed E-state index contributed by atoms with van der Waals surface area (Å²) in [6.45, 7) is 3.84. The van der Waals surface area contributed by atoms with E-state index in [0.717, 1.165) is 49.0 Å². The minimum Gasteiger partial charge on any atom is -0.496 e. The Balaban J connectivity index is 1.55. The number of para-hydroxylation sites is 3. The van der Waals surface area contributed by atoms with Gasteiger partial charge in [-0.25, -0.2) is 0 Å². The monoisotopic (exact) mass is 355 g/mol. The van der Waals surface area contributed by atoms with Crippen LogP contribution in [0.15, 0.2) is 48.5 Å². The zero-order chi connectivity index (χ0) is 18.2. The van der Waals surface area contributed by atoms with Crippen LogP contribution in [0.5, 0.6) is 5.75 Å². The van der Waals surface area contributed by atoms with E-state index in [9.17, 15) is 4.79 Å². The van der Waals surface area contributed by atoms with E-state index in [0.29, 0.717) is 6.54 Å². The average Bonchev–Trinajstić information content (AvgIpc) is 2.71. The van der Waals surface area contributed by atoms with Gasteiger partial charge in [-0.3, -0.25) is 4.79 Å². The zero-order valence-corrected chi connectivity index (χ0v) is 15.0. The lowest BCUT2D eigenvalue weighted by Crippen LogP contribution is -2.37. The first-order valence-corrected chi connectivity index (χ1v) is 8.82. The maximum atomic E-state index is 12.2. The summed E-state index contributed by atoms with van der Waals surface area (Å²) in [5.41, 5.74) is 3.02. The molecule has 1 heterocycles. The molecule has 1 aliphatic rings. The molecule has 0 spiro atoms. The molecule has 6 heteroatoms. The number of hydrogen-bond acceptors (Lipinski definition) is 5. The second-order valence-corrected chi connectivity index (χ2v) is 6.06. The maximum Gasteiger partial charge on any atom is 0.239 e. The fourth-order valence-electron chi connectivity index (χ4n) is 2.98. The molecular weight excluding hydrogens is 330 g/mol. The highest BCUT2D eigenvalue weighted by Crippen LogP contribution is 2.26. The van der Waals surface area contributed by atoms with Crippen LogP contribution < -0.4 is 20.3 Å². The number of carbonyl (C=O) groups is 1. The smallest absolute Gasteiger partial charge is 0.239 e. The molecule has 0 bridgehead atoms. The van der Waals surface area contributed by atoms with Crippen molar-refractivity contribution in [1.82, 2.24) is 5.32 Å². The molecule has 0 aliphatic carbocycles. The molecule has 0 aromatic heterocycles. The molecule has 0 saturated carbocycles. The summed E-state index contributed by atoms with van der Waals surface area (Å²) in [4.78, 5) is 14.5. The third kappa shape index (κ3) is 4.67. The van der Waals surface area contributed by atoms with E-state index in [2.05, 4.69) is 21.6 Å². The lowest BCUT2D eigenvalue weighted by molar-refractivity contribution is -0.119. The number of nitrogens with zero attached hydrogens (tertiary/aromatic N) is 1. The van der Waals surface area contributed by atoms with E-state index in [1.165, 1.54) is 0 Å². The number of rotatable bonds is 7. The van der Waals surface area contributed by atoms with E-state index >= 15 is 0 Å². The van der Waals surface area contributed by atoms with Crippen molar-refractivity contribution in [3.63, 3.8) is 0 Å². The highest BCUT2D eigenvalue weighted by molar-refractivity contribution is 5.82. The molecule has 6 nitrogen and oxygen atoms in total. The van der Waals surface area contributed by atoms with Crippen molar-refractivity contribution < 1.29 is 14.3 Å².